The maximum atomic E-state index is 5.84. The van der Waals surface area contributed by atoms with E-state index in [1.54, 1.807) is 17.5 Å². The Hall–Kier alpha value is -1.46. The molecule has 0 aliphatic heterocycles. The summed E-state index contributed by atoms with van der Waals surface area (Å²) in [5.74, 6) is 1.96. The summed E-state index contributed by atoms with van der Waals surface area (Å²) in [6.07, 6.45) is 2.71. The van der Waals surface area contributed by atoms with E-state index in [-0.39, 0.29) is 0 Å². The topological polar surface area (TPSA) is 47.0 Å². The van der Waals surface area contributed by atoms with Crippen molar-refractivity contribution in [1.29, 1.82) is 0 Å². The second kappa shape index (κ2) is 7.36. The van der Waals surface area contributed by atoms with Crippen molar-refractivity contribution in [3.63, 3.8) is 0 Å². The van der Waals surface area contributed by atoms with Crippen LogP contribution >= 0.6 is 11.3 Å². The van der Waals surface area contributed by atoms with Gasteiger partial charge in [0.15, 0.2) is 5.75 Å². The molecule has 0 saturated carbocycles. The van der Waals surface area contributed by atoms with Gasteiger partial charge < -0.3 is 10.1 Å². The Morgan fingerprint density at radius 1 is 1.40 bits per heavy atom. The van der Waals surface area contributed by atoms with Gasteiger partial charge in [0.25, 0.3) is 0 Å². The monoisotopic (exact) mass is 291 g/mol. The summed E-state index contributed by atoms with van der Waals surface area (Å²) < 4.78 is 5.84. The third kappa shape index (κ3) is 4.02. The lowest BCUT2D eigenvalue weighted by Gasteiger charge is -2.12. The zero-order valence-electron chi connectivity index (χ0n) is 12.2. The van der Waals surface area contributed by atoms with Gasteiger partial charge in [-0.1, -0.05) is 19.9 Å². The van der Waals surface area contributed by atoms with Gasteiger partial charge >= 0.3 is 0 Å². The van der Waals surface area contributed by atoms with Crippen molar-refractivity contribution < 1.29 is 4.74 Å². The zero-order chi connectivity index (χ0) is 14.4. The molecule has 20 heavy (non-hydrogen) atoms. The molecule has 0 amide bonds. The third-order valence-electron chi connectivity index (χ3n) is 2.89. The van der Waals surface area contributed by atoms with Crippen molar-refractivity contribution in [2.24, 2.45) is 0 Å². The molecule has 0 aliphatic rings. The highest BCUT2D eigenvalue weighted by atomic mass is 32.1. The van der Waals surface area contributed by atoms with Gasteiger partial charge in [0.1, 0.15) is 5.82 Å². The molecule has 4 nitrogen and oxygen atoms in total. The van der Waals surface area contributed by atoms with Crippen LogP contribution in [0.2, 0.25) is 0 Å². The van der Waals surface area contributed by atoms with Gasteiger partial charge in [-0.15, -0.1) is 11.3 Å². The van der Waals surface area contributed by atoms with E-state index in [0.29, 0.717) is 19.1 Å². The fourth-order valence-electron chi connectivity index (χ4n) is 1.83. The maximum absolute atomic E-state index is 5.84. The lowest BCUT2D eigenvalue weighted by Crippen LogP contribution is -2.13. The second-order valence-corrected chi connectivity index (χ2v) is 5.93. The molecule has 108 valence electrons. The molecule has 0 aromatic carbocycles. The largest absolute Gasteiger partial charge is 0.490 e. The Labute approximate surface area is 124 Å². The third-order valence-corrected chi connectivity index (χ3v) is 3.83. The van der Waals surface area contributed by atoms with Crippen LogP contribution in [0.1, 0.15) is 36.2 Å². The highest BCUT2D eigenvalue weighted by Gasteiger charge is 2.10. The van der Waals surface area contributed by atoms with E-state index in [2.05, 4.69) is 46.6 Å². The Bertz CT molecular complexity index is 526. The van der Waals surface area contributed by atoms with Crippen molar-refractivity contribution in [3.8, 4) is 5.75 Å². The maximum Gasteiger partial charge on any atom is 0.160 e. The quantitative estimate of drug-likeness (QED) is 0.852. The van der Waals surface area contributed by atoms with Gasteiger partial charge in [-0.3, -0.25) is 0 Å². The number of ether oxygens (including phenoxy) is 1. The fourth-order valence-corrected chi connectivity index (χ4v) is 2.52. The zero-order valence-corrected chi connectivity index (χ0v) is 13.0. The molecule has 5 heteroatoms. The van der Waals surface area contributed by atoms with E-state index in [0.717, 1.165) is 23.7 Å². The molecular weight excluding hydrogens is 270 g/mol. The Balaban J connectivity index is 2.02. The lowest BCUT2D eigenvalue weighted by atomic mass is 10.2. The van der Waals surface area contributed by atoms with Gasteiger partial charge in [-0.2, -0.15) is 0 Å². The SMILES string of the molecule is CNCc1nc(C(C)C)ncc1OCCc1cccs1. The van der Waals surface area contributed by atoms with Crippen LogP contribution in [0.15, 0.2) is 23.7 Å². The Morgan fingerprint density at radius 3 is 2.90 bits per heavy atom. The Morgan fingerprint density at radius 2 is 2.25 bits per heavy atom. The van der Waals surface area contributed by atoms with E-state index in [1.165, 1.54) is 4.88 Å². The first-order valence-corrected chi connectivity index (χ1v) is 7.74. The van der Waals surface area contributed by atoms with Crippen molar-refractivity contribution in [1.82, 2.24) is 15.3 Å². The average molecular weight is 291 g/mol. The first kappa shape index (κ1) is 14.9. The number of thiophene rings is 1. The van der Waals surface area contributed by atoms with Gasteiger partial charge in [-0.05, 0) is 18.5 Å². The normalized spacial score (nSPS) is 11.0. The number of rotatable bonds is 7. The highest BCUT2D eigenvalue weighted by molar-refractivity contribution is 7.09. The molecule has 0 aliphatic carbocycles. The van der Waals surface area contributed by atoms with Gasteiger partial charge in [0.2, 0.25) is 0 Å². The summed E-state index contributed by atoms with van der Waals surface area (Å²) in [7, 11) is 1.91. The standard InChI is InChI=1S/C15H21N3OS/c1-11(2)15-17-10-14(13(18-15)9-16-3)19-7-6-12-5-4-8-20-12/h4-5,8,10-11,16H,6-7,9H2,1-3H3. The molecule has 0 saturated heterocycles. The lowest BCUT2D eigenvalue weighted by molar-refractivity contribution is 0.315. The summed E-state index contributed by atoms with van der Waals surface area (Å²) in [5.41, 5.74) is 0.928. The van der Waals surface area contributed by atoms with Crippen LogP contribution in [0.3, 0.4) is 0 Å². The highest BCUT2D eigenvalue weighted by Crippen LogP contribution is 2.19. The molecule has 2 rings (SSSR count). The number of nitrogens with zero attached hydrogens (tertiary/aromatic N) is 2. The molecular formula is C15H21N3OS. The molecule has 0 fully saturated rings. The number of aromatic nitrogens is 2. The van der Waals surface area contributed by atoms with Crippen LogP contribution < -0.4 is 10.1 Å². The minimum absolute atomic E-state index is 0.325. The molecule has 2 heterocycles. The van der Waals surface area contributed by atoms with E-state index < -0.39 is 0 Å². The molecule has 0 radical (unpaired) electrons. The second-order valence-electron chi connectivity index (χ2n) is 4.90. The first-order valence-electron chi connectivity index (χ1n) is 6.86. The molecule has 0 atom stereocenters. The summed E-state index contributed by atoms with van der Waals surface area (Å²) in [5, 5.41) is 5.21. The minimum Gasteiger partial charge on any atom is -0.490 e. The number of nitrogens with one attached hydrogen (secondary N) is 1. The summed E-state index contributed by atoms with van der Waals surface area (Å²) in [4.78, 5) is 10.3. The summed E-state index contributed by atoms with van der Waals surface area (Å²) in [6.45, 7) is 5.53. The van der Waals surface area contributed by atoms with Gasteiger partial charge in [-0.25, -0.2) is 9.97 Å². The molecule has 0 bridgehead atoms. The minimum atomic E-state index is 0.325. The van der Waals surface area contributed by atoms with Crippen molar-refractivity contribution in [2.45, 2.75) is 32.7 Å². The first-order chi connectivity index (χ1) is 9.70. The van der Waals surface area contributed by atoms with Crippen LogP contribution in [0.5, 0.6) is 5.75 Å². The van der Waals surface area contributed by atoms with E-state index in [9.17, 15) is 0 Å². The summed E-state index contributed by atoms with van der Waals surface area (Å²) >= 11 is 1.76. The van der Waals surface area contributed by atoms with Crippen LogP contribution in [0, 0.1) is 0 Å². The van der Waals surface area contributed by atoms with Crippen LogP contribution in [0.4, 0.5) is 0 Å². The van der Waals surface area contributed by atoms with Crippen LogP contribution in [-0.4, -0.2) is 23.6 Å². The predicted octanol–water partition coefficient (Wildman–Crippen LogP) is 3.00. The molecule has 2 aromatic heterocycles. The number of hydrogen-bond donors (Lipinski definition) is 1. The van der Waals surface area contributed by atoms with Crippen molar-refractivity contribution in [2.75, 3.05) is 13.7 Å². The van der Waals surface area contributed by atoms with E-state index >= 15 is 0 Å². The van der Waals surface area contributed by atoms with Gasteiger partial charge in [0.05, 0.1) is 18.5 Å². The molecule has 0 unspecified atom stereocenters. The van der Waals surface area contributed by atoms with Gasteiger partial charge in [0, 0.05) is 23.8 Å². The number of hydrogen-bond acceptors (Lipinski definition) is 5. The summed E-state index contributed by atoms with van der Waals surface area (Å²) in [6, 6.07) is 4.19. The average Bonchev–Trinajstić information content (AvgIpc) is 2.93. The van der Waals surface area contributed by atoms with Crippen molar-refractivity contribution >= 4 is 11.3 Å². The van der Waals surface area contributed by atoms with E-state index in [1.807, 2.05) is 7.05 Å². The smallest absolute Gasteiger partial charge is 0.160 e. The van der Waals surface area contributed by atoms with E-state index in [4.69, 9.17) is 4.74 Å². The predicted molar refractivity (Wildman–Crippen MR) is 82.4 cm³/mol. The molecule has 1 N–H and O–H groups in total. The fraction of sp³-hybridized carbons (Fsp3) is 0.467. The van der Waals surface area contributed by atoms with Crippen LogP contribution in [-0.2, 0) is 13.0 Å². The Kier molecular flexibility index (Phi) is 5.49. The molecule has 0 spiro atoms. The van der Waals surface area contributed by atoms with Crippen LogP contribution in [0.25, 0.3) is 0 Å². The molecule has 2 aromatic rings. The van der Waals surface area contributed by atoms with Crippen molar-refractivity contribution in [3.05, 3.63) is 40.1 Å².